The molecule has 0 aliphatic carbocycles. The van der Waals surface area contributed by atoms with Gasteiger partial charge in [-0.3, -0.25) is 0 Å². The van der Waals surface area contributed by atoms with Gasteiger partial charge in [0, 0.05) is 0 Å². The van der Waals surface area contributed by atoms with Gasteiger partial charge in [0.25, 0.3) is 0 Å². The largest absolute Gasteiger partial charge is 0.443 e. The van der Waals surface area contributed by atoms with Crippen LogP contribution >= 0.6 is 0 Å². The van der Waals surface area contributed by atoms with E-state index in [1.165, 1.54) is 5.01 Å². The van der Waals surface area contributed by atoms with E-state index in [0.29, 0.717) is 0 Å². The van der Waals surface area contributed by atoms with Crippen molar-refractivity contribution in [3.63, 3.8) is 0 Å². The highest BCUT2D eigenvalue weighted by atomic mass is 28.4. The fourth-order valence-corrected chi connectivity index (χ4v) is 4.62. The van der Waals surface area contributed by atoms with Crippen LogP contribution in [0.2, 0.25) is 18.1 Å². The number of hydrogen-bond acceptors (Lipinski definition) is 5. The Hall–Kier alpha value is -2.84. The molecule has 0 bridgehead atoms. The van der Waals surface area contributed by atoms with Crippen molar-refractivity contribution in [2.75, 3.05) is 6.54 Å². The summed E-state index contributed by atoms with van der Waals surface area (Å²) in [6.07, 6.45) is 1.09. The average molecular weight is 515 g/mol. The number of hydrogen-bond donors (Lipinski definition) is 1. The van der Waals surface area contributed by atoms with Crippen LogP contribution in [0.15, 0.2) is 60.7 Å². The Bertz CT molecular complexity index is 932. The van der Waals surface area contributed by atoms with Crippen LogP contribution in [0.5, 0.6) is 0 Å². The number of benzene rings is 2. The average Bonchev–Trinajstić information content (AvgIpc) is 2.84. The van der Waals surface area contributed by atoms with Crippen LogP contribution in [0.4, 0.5) is 9.59 Å². The molecule has 2 aromatic rings. The Labute approximate surface area is 217 Å². The van der Waals surface area contributed by atoms with Crippen LogP contribution in [0.25, 0.3) is 0 Å². The first-order valence-electron chi connectivity index (χ1n) is 12.6. The number of unbranched alkanes of at least 4 members (excludes halogenated alkanes) is 1. The van der Waals surface area contributed by atoms with Crippen molar-refractivity contribution < 1.29 is 23.5 Å². The summed E-state index contributed by atoms with van der Waals surface area (Å²) in [6, 6.07) is 18.8. The van der Waals surface area contributed by atoms with Gasteiger partial charge >= 0.3 is 12.2 Å². The molecule has 0 aliphatic heterocycles. The molecular weight excluding hydrogens is 472 g/mol. The molecule has 0 saturated carbocycles. The van der Waals surface area contributed by atoms with E-state index in [1.807, 2.05) is 60.7 Å². The Balaban J connectivity index is 2.13. The predicted octanol–water partition coefficient (Wildman–Crippen LogP) is 7.05. The van der Waals surface area contributed by atoms with Crippen LogP contribution in [0.1, 0.15) is 58.1 Å². The van der Waals surface area contributed by atoms with Crippen LogP contribution in [-0.2, 0) is 27.1 Å². The molecule has 0 spiro atoms. The fraction of sp³-hybridized carbons (Fsp3) is 0.500. The number of ether oxygens (including phenoxy) is 2. The second kappa shape index (κ2) is 14.0. The molecule has 2 aromatic carbocycles. The number of nitrogens with one attached hydrogen (secondary N) is 1. The third kappa shape index (κ3) is 10.0. The highest BCUT2D eigenvalue weighted by Crippen LogP contribution is 2.37. The predicted molar refractivity (Wildman–Crippen MR) is 145 cm³/mol. The van der Waals surface area contributed by atoms with Crippen LogP contribution in [0.3, 0.4) is 0 Å². The van der Waals surface area contributed by atoms with E-state index in [2.05, 4.69) is 46.2 Å². The molecule has 0 radical (unpaired) electrons. The standard InChI is InChI=1S/C28H42N2O5Si/c1-7-8-19-25(35-36(5,6)28(2,3)4)20-30(27(32)34-22-24-17-13-10-14-18-24)29-26(31)33-21-23-15-11-9-12-16-23/h9-18,25H,7-8,19-22H2,1-6H3,(H,29,31). The summed E-state index contributed by atoms with van der Waals surface area (Å²) in [5.41, 5.74) is 4.30. The lowest BCUT2D eigenvalue weighted by atomic mass is 10.1. The lowest BCUT2D eigenvalue weighted by Gasteiger charge is -2.40. The number of nitrogens with zero attached hydrogens (tertiary/aromatic N) is 1. The van der Waals surface area contributed by atoms with Crippen molar-refractivity contribution in [2.24, 2.45) is 0 Å². The maximum atomic E-state index is 13.1. The minimum atomic E-state index is -2.11. The van der Waals surface area contributed by atoms with E-state index in [0.717, 1.165) is 30.4 Å². The Morgan fingerprint density at radius 3 is 1.94 bits per heavy atom. The van der Waals surface area contributed by atoms with Crippen molar-refractivity contribution in [3.05, 3.63) is 71.8 Å². The SMILES string of the molecule is CCCCC(CN(NC(=O)OCc1ccccc1)C(=O)OCc1ccccc1)O[Si](C)(C)C(C)(C)C. The number of carbonyl (C=O) groups excluding carboxylic acids is 2. The highest BCUT2D eigenvalue weighted by Gasteiger charge is 2.39. The molecule has 0 fully saturated rings. The smallest absolute Gasteiger partial charge is 0.429 e. The van der Waals surface area contributed by atoms with Gasteiger partial charge < -0.3 is 13.9 Å². The van der Waals surface area contributed by atoms with E-state index >= 15 is 0 Å². The summed E-state index contributed by atoms with van der Waals surface area (Å²) in [5, 5.41) is 1.20. The molecule has 0 aromatic heterocycles. The van der Waals surface area contributed by atoms with Gasteiger partial charge in [-0.15, -0.1) is 0 Å². The summed E-state index contributed by atoms with van der Waals surface area (Å²) < 4.78 is 17.5. The molecule has 0 aliphatic rings. The Kier molecular flexibility index (Phi) is 11.5. The van der Waals surface area contributed by atoms with Crippen molar-refractivity contribution in [1.29, 1.82) is 0 Å². The van der Waals surface area contributed by atoms with E-state index in [-0.39, 0.29) is 30.9 Å². The van der Waals surface area contributed by atoms with Crippen LogP contribution < -0.4 is 5.43 Å². The summed E-state index contributed by atoms with van der Waals surface area (Å²) in [7, 11) is -2.11. The fourth-order valence-electron chi connectivity index (χ4n) is 3.24. The van der Waals surface area contributed by atoms with Crippen LogP contribution in [0, 0.1) is 0 Å². The van der Waals surface area contributed by atoms with Gasteiger partial charge in [0.1, 0.15) is 13.2 Å². The molecular formula is C28H42N2O5Si. The van der Waals surface area contributed by atoms with Gasteiger partial charge in [-0.2, -0.15) is 0 Å². The molecule has 36 heavy (non-hydrogen) atoms. The summed E-state index contributed by atoms with van der Waals surface area (Å²) in [6.45, 7) is 13.4. The maximum Gasteiger partial charge on any atom is 0.429 e. The monoisotopic (exact) mass is 514 g/mol. The van der Waals surface area contributed by atoms with Crippen LogP contribution in [-0.4, -0.2) is 38.2 Å². The van der Waals surface area contributed by atoms with E-state index in [9.17, 15) is 9.59 Å². The van der Waals surface area contributed by atoms with Gasteiger partial charge in [-0.25, -0.2) is 20.0 Å². The second-order valence-electron chi connectivity index (χ2n) is 10.5. The molecule has 7 nitrogen and oxygen atoms in total. The van der Waals surface area contributed by atoms with E-state index in [4.69, 9.17) is 13.9 Å². The Morgan fingerprint density at radius 2 is 1.44 bits per heavy atom. The summed E-state index contributed by atoms with van der Waals surface area (Å²) in [5.74, 6) is 0. The first-order valence-corrected chi connectivity index (χ1v) is 15.6. The van der Waals surface area contributed by atoms with Crippen molar-refractivity contribution in [2.45, 2.75) is 84.4 Å². The molecule has 2 rings (SSSR count). The minimum Gasteiger partial charge on any atom is -0.443 e. The number of amides is 2. The minimum absolute atomic E-state index is 0.0121. The second-order valence-corrected chi connectivity index (χ2v) is 15.2. The van der Waals surface area contributed by atoms with Crippen molar-refractivity contribution >= 4 is 20.5 Å². The number of hydrazine groups is 1. The topological polar surface area (TPSA) is 77.1 Å². The Morgan fingerprint density at radius 1 is 0.917 bits per heavy atom. The van der Waals surface area contributed by atoms with Gasteiger partial charge in [0.2, 0.25) is 0 Å². The molecule has 0 saturated heterocycles. The molecule has 0 heterocycles. The number of carbonyl (C=O) groups is 2. The molecule has 1 N–H and O–H groups in total. The quantitative estimate of drug-likeness (QED) is 0.257. The van der Waals surface area contributed by atoms with E-state index < -0.39 is 20.5 Å². The normalized spacial score (nSPS) is 12.5. The molecule has 198 valence electrons. The van der Waals surface area contributed by atoms with Gasteiger partial charge in [0.15, 0.2) is 8.32 Å². The van der Waals surface area contributed by atoms with Crippen molar-refractivity contribution in [1.82, 2.24) is 10.4 Å². The summed E-state index contributed by atoms with van der Waals surface area (Å²) >= 11 is 0. The van der Waals surface area contributed by atoms with Gasteiger partial charge in [0.05, 0.1) is 12.6 Å². The zero-order chi connectivity index (χ0) is 26.6. The molecule has 1 unspecified atom stereocenters. The highest BCUT2D eigenvalue weighted by molar-refractivity contribution is 6.74. The van der Waals surface area contributed by atoms with Crippen molar-refractivity contribution in [3.8, 4) is 0 Å². The first-order chi connectivity index (χ1) is 17.0. The molecule has 1 atom stereocenters. The lowest BCUT2D eigenvalue weighted by Crippen LogP contribution is -2.53. The van der Waals surface area contributed by atoms with Gasteiger partial charge in [-0.05, 0) is 35.7 Å². The summed E-state index contributed by atoms with van der Waals surface area (Å²) in [4.78, 5) is 25.7. The third-order valence-corrected chi connectivity index (χ3v) is 10.9. The molecule has 2 amide bonds. The lowest BCUT2D eigenvalue weighted by molar-refractivity contribution is 0.0408. The maximum absolute atomic E-state index is 13.1. The number of rotatable bonds is 11. The zero-order valence-corrected chi connectivity index (χ0v) is 23.6. The first kappa shape index (κ1) is 29.4. The van der Waals surface area contributed by atoms with Gasteiger partial charge in [-0.1, -0.05) is 101 Å². The third-order valence-electron chi connectivity index (χ3n) is 6.40. The van der Waals surface area contributed by atoms with E-state index in [1.54, 1.807) is 0 Å². The zero-order valence-electron chi connectivity index (χ0n) is 22.6. The molecule has 8 heteroatoms.